The number of aryl methyl sites for hydroxylation is 1. The number of carbonyl (C=O) groups excluding carboxylic acids is 2. The maximum atomic E-state index is 13.1. The second-order valence-electron chi connectivity index (χ2n) is 8.16. The molecular weight excluding hydrogens is 428 g/mol. The number of para-hydroxylation sites is 2. The van der Waals surface area contributed by atoms with Crippen molar-refractivity contribution in [3.63, 3.8) is 0 Å². The van der Waals surface area contributed by atoms with Gasteiger partial charge in [0.15, 0.2) is 17.6 Å². The van der Waals surface area contributed by atoms with E-state index in [0.29, 0.717) is 28.6 Å². The van der Waals surface area contributed by atoms with Crippen molar-refractivity contribution < 1.29 is 23.8 Å². The second-order valence-corrected chi connectivity index (χ2v) is 9.27. The molecule has 0 unspecified atom stereocenters. The number of thiophene rings is 1. The van der Waals surface area contributed by atoms with Crippen molar-refractivity contribution in [3.8, 4) is 11.5 Å². The summed E-state index contributed by atoms with van der Waals surface area (Å²) in [6.07, 6.45) is 5.26. The Labute approximate surface area is 192 Å². The number of amides is 2. The average Bonchev–Trinajstić information content (AvgIpc) is 3.45. The van der Waals surface area contributed by atoms with Crippen LogP contribution in [-0.2, 0) is 22.4 Å². The molecule has 2 aliphatic rings. The molecule has 32 heavy (non-hydrogen) atoms. The molecule has 0 radical (unpaired) electrons. The highest BCUT2D eigenvalue weighted by Crippen LogP contribution is 2.38. The van der Waals surface area contributed by atoms with Crippen LogP contribution in [0.5, 0.6) is 11.5 Å². The Morgan fingerprint density at radius 1 is 1.19 bits per heavy atom. The van der Waals surface area contributed by atoms with Crippen molar-refractivity contribution in [1.82, 2.24) is 5.32 Å². The van der Waals surface area contributed by atoms with Crippen LogP contribution in [0.25, 0.3) is 0 Å². The Hall–Kier alpha value is -2.58. The van der Waals surface area contributed by atoms with E-state index in [2.05, 4.69) is 10.6 Å². The summed E-state index contributed by atoms with van der Waals surface area (Å²) in [7, 11) is 1.56. The molecule has 1 saturated heterocycles. The fourth-order valence-electron chi connectivity index (χ4n) is 4.17. The minimum absolute atomic E-state index is 0.0701. The quantitative estimate of drug-likeness (QED) is 0.626. The molecule has 2 aromatic rings. The van der Waals surface area contributed by atoms with Gasteiger partial charge in [-0.3, -0.25) is 9.59 Å². The standard InChI is InChI=1S/C24H30N2O5S/c1-15(31-19-11-5-4-10-18(19)29-2)22(27)26-24-21(17-9-3-6-12-20(17)32-24)23(28)25-14-16-8-7-13-30-16/h4-5,10-11,15-16H,3,6-9,12-14H2,1-2H3,(H,25,28)(H,26,27)/t15-,16+/m1/s1. The number of nitrogens with one attached hydrogen (secondary N) is 2. The summed E-state index contributed by atoms with van der Waals surface area (Å²) in [5.41, 5.74) is 1.67. The number of fused-ring (bicyclic) bond motifs is 1. The minimum Gasteiger partial charge on any atom is -0.493 e. The van der Waals surface area contributed by atoms with E-state index in [1.807, 2.05) is 12.1 Å². The average molecular weight is 459 g/mol. The lowest BCUT2D eigenvalue weighted by Gasteiger charge is -2.17. The predicted octanol–water partition coefficient (Wildman–Crippen LogP) is 3.95. The SMILES string of the molecule is COc1ccccc1O[C@H](C)C(=O)Nc1sc2c(c1C(=O)NC[C@@H]1CCCO1)CCCC2. The van der Waals surface area contributed by atoms with Gasteiger partial charge in [-0.1, -0.05) is 12.1 Å². The van der Waals surface area contributed by atoms with E-state index < -0.39 is 6.10 Å². The molecule has 1 fully saturated rings. The van der Waals surface area contributed by atoms with Gasteiger partial charge in [-0.05, 0) is 63.1 Å². The van der Waals surface area contributed by atoms with Gasteiger partial charge >= 0.3 is 0 Å². The molecule has 2 N–H and O–H groups in total. The molecule has 2 amide bonds. The number of hydrogen-bond acceptors (Lipinski definition) is 6. The normalized spacial score (nSPS) is 18.5. The van der Waals surface area contributed by atoms with Gasteiger partial charge in [0.1, 0.15) is 5.00 Å². The first-order valence-electron chi connectivity index (χ1n) is 11.2. The molecule has 0 bridgehead atoms. The summed E-state index contributed by atoms with van der Waals surface area (Å²) >= 11 is 1.50. The molecule has 8 heteroatoms. The molecule has 4 rings (SSSR count). The van der Waals surface area contributed by atoms with Gasteiger partial charge in [0, 0.05) is 18.0 Å². The molecule has 2 atom stereocenters. The second kappa shape index (κ2) is 10.4. The molecule has 1 aliphatic carbocycles. The molecule has 172 valence electrons. The van der Waals surface area contributed by atoms with Gasteiger partial charge in [0.05, 0.1) is 18.8 Å². The predicted molar refractivity (Wildman–Crippen MR) is 124 cm³/mol. The summed E-state index contributed by atoms with van der Waals surface area (Å²) in [5.74, 6) is 0.613. The minimum atomic E-state index is -0.756. The molecule has 1 aliphatic heterocycles. The Morgan fingerprint density at radius 2 is 1.97 bits per heavy atom. The molecule has 0 spiro atoms. The van der Waals surface area contributed by atoms with E-state index >= 15 is 0 Å². The molecule has 1 aromatic heterocycles. The highest BCUT2D eigenvalue weighted by molar-refractivity contribution is 7.17. The summed E-state index contributed by atoms with van der Waals surface area (Å²) in [6.45, 7) is 2.93. The summed E-state index contributed by atoms with van der Waals surface area (Å²) in [6, 6.07) is 7.21. The zero-order chi connectivity index (χ0) is 22.5. The lowest BCUT2D eigenvalue weighted by Crippen LogP contribution is -2.34. The van der Waals surface area contributed by atoms with Crippen molar-refractivity contribution in [2.75, 3.05) is 25.6 Å². The molecule has 1 aromatic carbocycles. The smallest absolute Gasteiger partial charge is 0.265 e. The van der Waals surface area contributed by atoms with Crippen LogP contribution in [0.1, 0.15) is 53.4 Å². The van der Waals surface area contributed by atoms with Crippen molar-refractivity contribution in [2.45, 2.75) is 57.7 Å². The van der Waals surface area contributed by atoms with Gasteiger partial charge in [-0.25, -0.2) is 0 Å². The molecule has 0 saturated carbocycles. The number of carbonyl (C=O) groups is 2. The summed E-state index contributed by atoms with van der Waals surface area (Å²) < 4.78 is 16.8. The number of hydrogen-bond donors (Lipinski definition) is 2. The third-order valence-corrected chi connectivity index (χ3v) is 7.10. The lowest BCUT2D eigenvalue weighted by atomic mass is 9.95. The van der Waals surface area contributed by atoms with E-state index in [-0.39, 0.29) is 17.9 Å². The number of ether oxygens (including phenoxy) is 3. The van der Waals surface area contributed by atoms with Gasteiger partial charge in [0.2, 0.25) is 0 Å². The third-order valence-electron chi connectivity index (χ3n) is 5.89. The van der Waals surface area contributed by atoms with Gasteiger partial charge < -0.3 is 24.8 Å². The number of rotatable bonds is 8. The Morgan fingerprint density at radius 3 is 2.72 bits per heavy atom. The first-order chi connectivity index (χ1) is 15.6. The van der Waals surface area contributed by atoms with Crippen molar-refractivity contribution in [1.29, 1.82) is 0 Å². The van der Waals surface area contributed by atoms with E-state index in [0.717, 1.165) is 50.7 Å². The van der Waals surface area contributed by atoms with Crippen LogP contribution in [0.15, 0.2) is 24.3 Å². The lowest BCUT2D eigenvalue weighted by molar-refractivity contribution is -0.122. The van der Waals surface area contributed by atoms with Crippen molar-refractivity contribution in [2.24, 2.45) is 0 Å². The van der Waals surface area contributed by atoms with E-state index in [4.69, 9.17) is 14.2 Å². The van der Waals surface area contributed by atoms with Gasteiger partial charge in [0.25, 0.3) is 11.8 Å². The zero-order valence-corrected chi connectivity index (χ0v) is 19.4. The van der Waals surface area contributed by atoms with E-state index in [1.54, 1.807) is 26.2 Å². The van der Waals surface area contributed by atoms with Crippen LogP contribution in [0.3, 0.4) is 0 Å². The first-order valence-corrected chi connectivity index (χ1v) is 12.0. The number of anilines is 1. The highest BCUT2D eigenvalue weighted by Gasteiger charge is 2.28. The monoisotopic (exact) mass is 458 g/mol. The first kappa shape index (κ1) is 22.6. The molecule has 7 nitrogen and oxygen atoms in total. The summed E-state index contributed by atoms with van der Waals surface area (Å²) in [5, 5.41) is 6.57. The fourth-order valence-corrected chi connectivity index (χ4v) is 5.46. The number of methoxy groups -OCH3 is 1. The van der Waals surface area contributed by atoms with Gasteiger partial charge in [-0.15, -0.1) is 11.3 Å². The van der Waals surface area contributed by atoms with Crippen LogP contribution in [0.4, 0.5) is 5.00 Å². The van der Waals surface area contributed by atoms with Crippen molar-refractivity contribution >= 4 is 28.2 Å². The highest BCUT2D eigenvalue weighted by atomic mass is 32.1. The maximum Gasteiger partial charge on any atom is 0.265 e. The Bertz CT molecular complexity index is 967. The molecule has 2 heterocycles. The maximum absolute atomic E-state index is 13.1. The summed E-state index contributed by atoms with van der Waals surface area (Å²) in [4.78, 5) is 27.3. The third kappa shape index (κ3) is 5.07. The van der Waals surface area contributed by atoms with Crippen LogP contribution in [-0.4, -0.2) is 44.3 Å². The fraction of sp³-hybridized carbons (Fsp3) is 0.500. The van der Waals surface area contributed by atoms with Crippen molar-refractivity contribution in [3.05, 3.63) is 40.3 Å². The molecular formula is C24H30N2O5S. The van der Waals surface area contributed by atoms with E-state index in [9.17, 15) is 9.59 Å². The van der Waals surface area contributed by atoms with Gasteiger partial charge in [-0.2, -0.15) is 0 Å². The van der Waals surface area contributed by atoms with Crippen LogP contribution in [0.2, 0.25) is 0 Å². The van der Waals surface area contributed by atoms with Crippen LogP contribution < -0.4 is 20.1 Å². The number of benzene rings is 1. The Balaban J connectivity index is 1.48. The van der Waals surface area contributed by atoms with Crippen LogP contribution >= 0.6 is 11.3 Å². The Kier molecular flexibility index (Phi) is 7.32. The van der Waals surface area contributed by atoms with Crippen LogP contribution in [0, 0.1) is 0 Å². The zero-order valence-electron chi connectivity index (χ0n) is 18.6. The largest absolute Gasteiger partial charge is 0.493 e. The van der Waals surface area contributed by atoms with E-state index in [1.165, 1.54) is 16.2 Å². The topological polar surface area (TPSA) is 85.9 Å².